The third-order valence-electron chi connectivity index (χ3n) is 3.20. The van der Waals surface area contributed by atoms with Crippen LogP contribution in [0, 0.1) is 11.6 Å². The number of nitrogens with one attached hydrogen (secondary N) is 1. The van der Waals surface area contributed by atoms with Crippen molar-refractivity contribution in [2.75, 3.05) is 5.32 Å². The van der Waals surface area contributed by atoms with Crippen molar-refractivity contribution in [2.45, 2.75) is 19.9 Å². The van der Waals surface area contributed by atoms with Crippen LogP contribution >= 0.6 is 0 Å². The van der Waals surface area contributed by atoms with Crippen molar-refractivity contribution in [3.63, 3.8) is 0 Å². The van der Waals surface area contributed by atoms with Crippen molar-refractivity contribution in [3.05, 3.63) is 64.7 Å². The second-order valence-electron chi connectivity index (χ2n) is 4.64. The summed E-state index contributed by atoms with van der Waals surface area (Å²) >= 11 is 0. The molecule has 0 radical (unpaired) electrons. The molecule has 0 amide bonds. The van der Waals surface area contributed by atoms with Gasteiger partial charge in [-0.3, -0.25) is 0 Å². The zero-order chi connectivity index (χ0) is 15.4. The van der Waals surface area contributed by atoms with Crippen molar-refractivity contribution in [1.82, 2.24) is 0 Å². The SMILES string of the molecule is CCc1ccc(CNc2cc(C(=O)O)c(F)cc2F)cc1. The summed E-state index contributed by atoms with van der Waals surface area (Å²) in [6.45, 7) is 2.38. The average Bonchev–Trinajstić information content (AvgIpc) is 2.46. The van der Waals surface area contributed by atoms with E-state index in [1.54, 1.807) is 0 Å². The summed E-state index contributed by atoms with van der Waals surface area (Å²) in [4.78, 5) is 10.8. The lowest BCUT2D eigenvalue weighted by molar-refractivity contribution is 0.0692. The lowest BCUT2D eigenvalue weighted by Gasteiger charge is -2.10. The monoisotopic (exact) mass is 291 g/mol. The van der Waals surface area contributed by atoms with Crippen LogP contribution in [0.4, 0.5) is 14.5 Å². The zero-order valence-electron chi connectivity index (χ0n) is 11.5. The smallest absolute Gasteiger partial charge is 0.338 e. The Labute approximate surface area is 121 Å². The van der Waals surface area contributed by atoms with Crippen LogP contribution in [0.3, 0.4) is 0 Å². The van der Waals surface area contributed by atoms with Crippen LogP contribution in [0.1, 0.15) is 28.4 Å². The number of halogens is 2. The van der Waals surface area contributed by atoms with E-state index in [9.17, 15) is 13.6 Å². The Hall–Kier alpha value is -2.43. The molecule has 0 aliphatic carbocycles. The molecule has 2 rings (SSSR count). The van der Waals surface area contributed by atoms with Gasteiger partial charge in [0.1, 0.15) is 11.6 Å². The second kappa shape index (κ2) is 6.35. The molecule has 3 nitrogen and oxygen atoms in total. The van der Waals surface area contributed by atoms with Gasteiger partial charge in [-0.25, -0.2) is 13.6 Å². The standard InChI is InChI=1S/C16H15F2NO2/c1-2-10-3-5-11(6-4-10)9-19-15-7-12(16(20)21)13(17)8-14(15)18/h3-8,19H,2,9H2,1H3,(H,20,21). The lowest BCUT2D eigenvalue weighted by atomic mass is 10.1. The van der Waals surface area contributed by atoms with Crippen LogP contribution in [0.15, 0.2) is 36.4 Å². The third-order valence-corrected chi connectivity index (χ3v) is 3.20. The van der Waals surface area contributed by atoms with Crippen molar-refractivity contribution < 1.29 is 18.7 Å². The van der Waals surface area contributed by atoms with Crippen LogP contribution in [0.5, 0.6) is 0 Å². The van der Waals surface area contributed by atoms with Crippen LogP contribution in [-0.4, -0.2) is 11.1 Å². The minimum Gasteiger partial charge on any atom is -0.478 e. The number of aromatic carboxylic acids is 1. The fraction of sp³-hybridized carbons (Fsp3) is 0.188. The Bertz CT molecular complexity index is 654. The minimum absolute atomic E-state index is 0.0339. The van der Waals surface area contributed by atoms with Gasteiger partial charge >= 0.3 is 5.97 Å². The summed E-state index contributed by atoms with van der Waals surface area (Å²) in [5.41, 5.74) is 1.53. The fourth-order valence-electron chi connectivity index (χ4n) is 1.94. The van der Waals surface area contributed by atoms with Crippen molar-refractivity contribution >= 4 is 11.7 Å². The quantitative estimate of drug-likeness (QED) is 0.880. The van der Waals surface area contributed by atoms with Gasteiger partial charge in [-0.05, 0) is 23.6 Å². The van der Waals surface area contributed by atoms with Gasteiger partial charge in [0.25, 0.3) is 0 Å². The summed E-state index contributed by atoms with van der Waals surface area (Å²) in [6.07, 6.45) is 0.933. The van der Waals surface area contributed by atoms with E-state index in [1.165, 1.54) is 5.56 Å². The first-order valence-corrected chi connectivity index (χ1v) is 6.55. The van der Waals surface area contributed by atoms with Gasteiger partial charge in [0.2, 0.25) is 0 Å². The van der Waals surface area contributed by atoms with Gasteiger partial charge in [0.05, 0.1) is 11.3 Å². The molecule has 0 saturated carbocycles. The fourth-order valence-corrected chi connectivity index (χ4v) is 1.94. The van der Waals surface area contributed by atoms with E-state index in [0.29, 0.717) is 12.6 Å². The number of benzene rings is 2. The molecule has 110 valence electrons. The van der Waals surface area contributed by atoms with Gasteiger partial charge in [0.15, 0.2) is 0 Å². The largest absolute Gasteiger partial charge is 0.478 e. The molecule has 0 heterocycles. The first-order chi connectivity index (χ1) is 10.0. The van der Waals surface area contributed by atoms with Gasteiger partial charge < -0.3 is 10.4 Å². The van der Waals surface area contributed by atoms with Gasteiger partial charge in [-0.1, -0.05) is 31.2 Å². The summed E-state index contributed by atoms with van der Waals surface area (Å²) < 4.78 is 26.9. The Kier molecular flexibility index (Phi) is 4.52. The highest BCUT2D eigenvalue weighted by atomic mass is 19.1. The van der Waals surface area contributed by atoms with E-state index in [0.717, 1.165) is 18.1 Å². The summed E-state index contributed by atoms with van der Waals surface area (Å²) in [5, 5.41) is 11.6. The van der Waals surface area contributed by atoms with Gasteiger partial charge in [0, 0.05) is 12.6 Å². The predicted molar refractivity (Wildman–Crippen MR) is 76.5 cm³/mol. The van der Waals surface area contributed by atoms with E-state index in [1.807, 2.05) is 24.3 Å². The first-order valence-electron chi connectivity index (χ1n) is 6.55. The maximum atomic E-state index is 13.6. The molecular weight excluding hydrogens is 276 g/mol. The molecule has 2 aromatic rings. The summed E-state index contributed by atoms with van der Waals surface area (Å²) in [5.74, 6) is -3.33. The maximum absolute atomic E-state index is 13.6. The molecule has 0 aliphatic rings. The average molecular weight is 291 g/mol. The molecule has 5 heteroatoms. The number of carboxylic acids is 1. The van der Waals surface area contributed by atoms with Crippen LogP contribution in [0.25, 0.3) is 0 Å². The molecule has 0 bridgehead atoms. The Morgan fingerprint density at radius 2 is 1.71 bits per heavy atom. The molecule has 0 atom stereocenters. The van der Waals surface area contributed by atoms with Crippen molar-refractivity contribution in [1.29, 1.82) is 0 Å². The topological polar surface area (TPSA) is 49.3 Å². The second-order valence-corrected chi connectivity index (χ2v) is 4.64. The maximum Gasteiger partial charge on any atom is 0.338 e. The summed E-state index contributed by atoms with van der Waals surface area (Å²) in [7, 11) is 0. The molecule has 0 aliphatic heterocycles. The lowest BCUT2D eigenvalue weighted by Crippen LogP contribution is -2.06. The summed E-state index contributed by atoms with van der Waals surface area (Å²) in [6, 6.07) is 9.30. The number of aryl methyl sites for hydroxylation is 1. The normalized spacial score (nSPS) is 10.4. The Morgan fingerprint density at radius 3 is 2.29 bits per heavy atom. The first kappa shape index (κ1) is 15.0. The van der Waals surface area contributed by atoms with Crippen LogP contribution in [-0.2, 0) is 13.0 Å². The molecule has 0 unspecified atom stereocenters. The Balaban J connectivity index is 2.15. The van der Waals surface area contributed by atoms with Crippen molar-refractivity contribution in [2.24, 2.45) is 0 Å². The highest BCUT2D eigenvalue weighted by Gasteiger charge is 2.14. The zero-order valence-corrected chi connectivity index (χ0v) is 11.5. The van der Waals surface area contributed by atoms with E-state index in [2.05, 4.69) is 12.2 Å². The van der Waals surface area contributed by atoms with Crippen LogP contribution in [0.2, 0.25) is 0 Å². The third kappa shape index (κ3) is 3.56. The van der Waals surface area contributed by atoms with E-state index in [-0.39, 0.29) is 5.69 Å². The molecule has 21 heavy (non-hydrogen) atoms. The molecule has 0 fully saturated rings. The van der Waals surface area contributed by atoms with Gasteiger partial charge in [-0.15, -0.1) is 0 Å². The van der Waals surface area contributed by atoms with Gasteiger partial charge in [-0.2, -0.15) is 0 Å². The molecule has 0 saturated heterocycles. The van der Waals surface area contributed by atoms with E-state index < -0.39 is 23.2 Å². The molecule has 0 spiro atoms. The number of anilines is 1. The van der Waals surface area contributed by atoms with Crippen molar-refractivity contribution in [3.8, 4) is 0 Å². The molecule has 2 N–H and O–H groups in total. The molecular formula is C16H15F2NO2. The predicted octanol–water partition coefficient (Wildman–Crippen LogP) is 3.84. The minimum atomic E-state index is -1.43. The number of carbonyl (C=O) groups is 1. The number of rotatable bonds is 5. The highest BCUT2D eigenvalue weighted by molar-refractivity contribution is 5.89. The van der Waals surface area contributed by atoms with E-state index in [4.69, 9.17) is 5.11 Å². The molecule has 2 aromatic carbocycles. The highest BCUT2D eigenvalue weighted by Crippen LogP contribution is 2.20. The number of hydrogen-bond donors (Lipinski definition) is 2. The van der Waals surface area contributed by atoms with E-state index >= 15 is 0 Å². The Morgan fingerprint density at radius 1 is 1.10 bits per heavy atom. The number of hydrogen-bond acceptors (Lipinski definition) is 2. The molecule has 0 aromatic heterocycles. The van der Waals surface area contributed by atoms with Crippen LogP contribution < -0.4 is 5.32 Å². The number of carboxylic acid groups (broad SMARTS) is 1.